The van der Waals surface area contributed by atoms with Gasteiger partial charge in [0.05, 0.1) is 0 Å². The molecule has 1 amide bonds. The molecule has 2 atom stereocenters. The summed E-state index contributed by atoms with van der Waals surface area (Å²) in [5, 5.41) is 3.04. The highest BCUT2D eigenvalue weighted by Crippen LogP contribution is 2.41. The molecule has 2 heterocycles. The third-order valence-corrected chi connectivity index (χ3v) is 4.76. The summed E-state index contributed by atoms with van der Waals surface area (Å²) >= 11 is 0. The first-order valence-corrected chi connectivity index (χ1v) is 7.21. The molecular weight excluding hydrogens is 236 g/mol. The molecule has 102 valence electrons. The van der Waals surface area contributed by atoms with E-state index in [1.54, 1.807) is 0 Å². The third-order valence-electron chi connectivity index (χ3n) is 4.76. The number of nitrogens with zero attached hydrogens (tertiary/aromatic N) is 1. The summed E-state index contributed by atoms with van der Waals surface area (Å²) in [4.78, 5) is 13.4. The molecule has 1 aromatic rings. The van der Waals surface area contributed by atoms with Crippen molar-refractivity contribution in [2.24, 2.45) is 0 Å². The largest absolute Gasteiger partial charge is 0.353 e. The van der Waals surface area contributed by atoms with Crippen LogP contribution in [0.3, 0.4) is 0 Å². The SMILES string of the molecule is CC1(NC=O)CC2CCC(C1)N2Cc1ccccc1. The van der Waals surface area contributed by atoms with Gasteiger partial charge in [-0.25, -0.2) is 0 Å². The molecule has 1 N–H and O–H groups in total. The number of benzene rings is 1. The number of piperidine rings is 1. The van der Waals surface area contributed by atoms with Crippen LogP contribution >= 0.6 is 0 Å². The highest BCUT2D eigenvalue weighted by Gasteiger charge is 2.45. The maximum absolute atomic E-state index is 10.8. The summed E-state index contributed by atoms with van der Waals surface area (Å²) in [6, 6.07) is 11.9. The molecule has 3 heteroatoms. The van der Waals surface area contributed by atoms with Crippen molar-refractivity contribution >= 4 is 6.41 Å². The van der Waals surface area contributed by atoms with E-state index in [2.05, 4.69) is 47.5 Å². The van der Waals surface area contributed by atoms with Crippen LogP contribution in [0, 0.1) is 0 Å². The molecule has 2 unspecified atom stereocenters. The number of rotatable bonds is 4. The molecule has 2 aliphatic heterocycles. The zero-order valence-electron chi connectivity index (χ0n) is 11.5. The summed E-state index contributed by atoms with van der Waals surface area (Å²) in [6.07, 6.45) is 5.57. The van der Waals surface area contributed by atoms with E-state index in [1.165, 1.54) is 18.4 Å². The summed E-state index contributed by atoms with van der Waals surface area (Å²) in [5.74, 6) is 0. The van der Waals surface area contributed by atoms with Gasteiger partial charge in [-0.15, -0.1) is 0 Å². The van der Waals surface area contributed by atoms with Crippen LogP contribution in [-0.4, -0.2) is 28.9 Å². The number of nitrogens with one attached hydrogen (secondary N) is 1. The maximum Gasteiger partial charge on any atom is 0.207 e. The number of carbonyl (C=O) groups is 1. The Morgan fingerprint density at radius 2 is 1.89 bits per heavy atom. The van der Waals surface area contributed by atoms with E-state index in [9.17, 15) is 4.79 Å². The number of amides is 1. The Balaban J connectivity index is 1.71. The minimum absolute atomic E-state index is 0.000765. The molecule has 19 heavy (non-hydrogen) atoms. The lowest BCUT2D eigenvalue weighted by Crippen LogP contribution is -2.55. The second-order valence-corrected chi connectivity index (χ2v) is 6.27. The van der Waals surface area contributed by atoms with E-state index < -0.39 is 0 Å². The molecule has 1 aromatic carbocycles. The van der Waals surface area contributed by atoms with E-state index in [4.69, 9.17) is 0 Å². The molecule has 0 aliphatic carbocycles. The molecule has 2 saturated heterocycles. The number of carbonyl (C=O) groups excluding carboxylic acids is 1. The third kappa shape index (κ3) is 2.52. The normalized spacial score (nSPS) is 34.2. The lowest BCUT2D eigenvalue weighted by atomic mass is 9.84. The molecule has 2 bridgehead atoms. The molecule has 0 aromatic heterocycles. The Kier molecular flexibility index (Phi) is 3.31. The summed E-state index contributed by atoms with van der Waals surface area (Å²) in [7, 11) is 0. The summed E-state index contributed by atoms with van der Waals surface area (Å²) < 4.78 is 0. The van der Waals surface area contributed by atoms with E-state index >= 15 is 0 Å². The van der Waals surface area contributed by atoms with Crippen LogP contribution in [0.25, 0.3) is 0 Å². The first-order chi connectivity index (χ1) is 9.20. The Hall–Kier alpha value is -1.35. The lowest BCUT2D eigenvalue weighted by Gasteiger charge is -2.44. The predicted octanol–water partition coefficient (Wildman–Crippen LogP) is 2.32. The lowest BCUT2D eigenvalue weighted by molar-refractivity contribution is -0.112. The van der Waals surface area contributed by atoms with Crippen LogP contribution in [0.1, 0.15) is 38.2 Å². The van der Waals surface area contributed by atoms with E-state index in [0.29, 0.717) is 12.1 Å². The fourth-order valence-corrected chi connectivity index (χ4v) is 3.89. The van der Waals surface area contributed by atoms with Gasteiger partial charge in [0.15, 0.2) is 0 Å². The monoisotopic (exact) mass is 258 g/mol. The topological polar surface area (TPSA) is 32.3 Å². The number of fused-ring (bicyclic) bond motifs is 2. The van der Waals surface area contributed by atoms with Crippen molar-refractivity contribution in [2.45, 2.75) is 56.8 Å². The Morgan fingerprint density at radius 1 is 1.26 bits per heavy atom. The van der Waals surface area contributed by atoms with Gasteiger partial charge >= 0.3 is 0 Å². The van der Waals surface area contributed by atoms with Crippen molar-refractivity contribution in [3.63, 3.8) is 0 Å². The quantitative estimate of drug-likeness (QED) is 0.841. The highest BCUT2D eigenvalue weighted by atomic mass is 16.1. The molecular formula is C16H22N2O. The highest BCUT2D eigenvalue weighted by molar-refractivity contribution is 5.48. The fourth-order valence-electron chi connectivity index (χ4n) is 3.89. The van der Waals surface area contributed by atoms with Crippen molar-refractivity contribution in [1.29, 1.82) is 0 Å². The van der Waals surface area contributed by atoms with Crippen LogP contribution in [0.5, 0.6) is 0 Å². The van der Waals surface area contributed by atoms with Gasteiger partial charge in [-0.2, -0.15) is 0 Å². The average molecular weight is 258 g/mol. The summed E-state index contributed by atoms with van der Waals surface area (Å²) in [6.45, 7) is 3.24. The minimum Gasteiger partial charge on any atom is -0.353 e. The van der Waals surface area contributed by atoms with Gasteiger partial charge in [-0.1, -0.05) is 30.3 Å². The Bertz CT molecular complexity index is 431. The van der Waals surface area contributed by atoms with Crippen molar-refractivity contribution < 1.29 is 4.79 Å². The predicted molar refractivity (Wildman–Crippen MR) is 75.6 cm³/mol. The van der Waals surface area contributed by atoms with E-state index in [1.807, 2.05) is 0 Å². The first kappa shape index (κ1) is 12.7. The number of hydrogen-bond donors (Lipinski definition) is 1. The Labute approximate surface area is 115 Å². The maximum atomic E-state index is 10.8. The molecule has 0 saturated carbocycles. The number of hydrogen-bond acceptors (Lipinski definition) is 2. The Morgan fingerprint density at radius 3 is 2.47 bits per heavy atom. The zero-order chi connectivity index (χ0) is 13.3. The van der Waals surface area contributed by atoms with Crippen LogP contribution < -0.4 is 5.32 Å². The zero-order valence-corrected chi connectivity index (χ0v) is 11.5. The van der Waals surface area contributed by atoms with Crippen LogP contribution in [-0.2, 0) is 11.3 Å². The molecule has 3 nitrogen and oxygen atoms in total. The fraction of sp³-hybridized carbons (Fsp3) is 0.562. The summed E-state index contributed by atoms with van der Waals surface area (Å²) in [5.41, 5.74) is 1.40. The minimum atomic E-state index is 0.000765. The van der Waals surface area contributed by atoms with Gasteiger partial charge in [0.25, 0.3) is 0 Å². The molecule has 2 fully saturated rings. The van der Waals surface area contributed by atoms with Crippen molar-refractivity contribution in [1.82, 2.24) is 10.2 Å². The molecule has 0 radical (unpaired) electrons. The van der Waals surface area contributed by atoms with Crippen LogP contribution in [0.15, 0.2) is 30.3 Å². The molecule has 3 rings (SSSR count). The van der Waals surface area contributed by atoms with Crippen molar-refractivity contribution in [3.8, 4) is 0 Å². The van der Waals surface area contributed by atoms with Gasteiger partial charge in [-0.3, -0.25) is 9.69 Å². The van der Waals surface area contributed by atoms with Gasteiger partial charge in [0.1, 0.15) is 0 Å². The van der Waals surface area contributed by atoms with Crippen LogP contribution in [0.4, 0.5) is 0 Å². The van der Waals surface area contributed by atoms with E-state index in [-0.39, 0.29) is 5.54 Å². The van der Waals surface area contributed by atoms with Gasteiger partial charge in [0.2, 0.25) is 6.41 Å². The second kappa shape index (κ2) is 4.97. The van der Waals surface area contributed by atoms with Gasteiger partial charge < -0.3 is 5.32 Å². The van der Waals surface area contributed by atoms with Crippen molar-refractivity contribution in [2.75, 3.05) is 0 Å². The van der Waals surface area contributed by atoms with E-state index in [0.717, 1.165) is 25.8 Å². The van der Waals surface area contributed by atoms with Crippen LogP contribution in [0.2, 0.25) is 0 Å². The second-order valence-electron chi connectivity index (χ2n) is 6.27. The molecule has 0 spiro atoms. The van der Waals surface area contributed by atoms with Gasteiger partial charge in [0, 0.05) is 24.2 Å². The first-order valence-electron chi connectivity index (χ1n) is 7.21. The molecule has 2 aliphatic rings. The smallest absolute Gasteiger partial charge is 0.207 e. The standard InChI is InChI=1S/C16H22N2O/c1-16(17-12-19)9-14-7-8-15(10-16)18(14)11-13-5-3-2-4-6-13/h2-6,12,14-15H,7-11H2,1H3,(H,17,19). The van der Waals surface area contributed by atoms with Gasteiger partial charge in [-0.05, 0) is 38.2 Å². The average Bonchev–Trinajstić information content (AvgIpc) is 2.65. The van der Waals surface area contributed by atoms with Crippen molar-refractivity contribution in [3.05, 3.63) is 35.9 Å².